The molecule has 0 atom stereocenters. The van der Waals surface area contributed by atoms with E-state index in [1.807, 2.05) is 24.3 Å². The van der Waals surface area contributed by atoms with Gasteiger partial charge in [-0.1, -0.05) is 37.3 Å². The smallest absolute Gasteiger partial charge is 0.159 e. The molecule has 0 N–H and O–H groups in total. The van der Waals surface area contributed by atoms with Crippen LogP contribution in [0, 0.1) is 11.6 Å². The van der Waals surface area contributed by atoms with Crippen molar-refractivity contribution in [3.63, 3.8) is 0 Å². The standard InChI is InChI=1S/C17H16F2O/c1-2-12-3-5-13(6-4-12)9-15(20)10-14-7-8-16(18)17(19)11-14/h3-8,11H,2,9-10H2,1H3. The summed E-state index contributed by atoms with van der Waals surface area (Å²) in [4.78, 5) is 11.9. The van der Waals surface area contributed by atoms with Crippen molar-refractivity contribution < 1.29 is 13.6 Å². The van der Waals surface area contributed by atoms with E-state index < -0.39 is 11.6 Å². The average molecular weight is 274 g/mol. The fourth-order valence-corrected chi connectivity index (χ4v) is 2.06. The van der Waals surface area contributed by atoms with Crippen molar-refractivity contribution in [2.24, 2.45) is 0 Å². The molecule has 0 unspecified atom stereocenters. The molecule has 3 heteroatoms. The molecule has 2 rings (SSSR count). The van der Waals surface area contributed by atoms with Crippen LogP contribution in [0.15, 0.2) is 42.5 Å². The van der Waals surface area contributed by atoms with E-state index in [1.165, 1.54) is 11.6 Å². The number of carbonyl (C=O) groups is 1. The van der Waals surface area contributed by atoms with Gasteiger partial charge >= 0.3 is 0 Å². The SMILES string of the molecule is CCc1ccc(CC(=O)Cc2ccc(F)c(F)c2)cc1. The molecule has 0 saturated carbocycles. The largest absolute Gasteiger partial charge is 0.299 e. The summed E-state index contributed by atoms with van der Waals surface area (Å²) in [5.41, 5.74) is 2.66. The van der Waals surface area contributed by atoms with Crippen LogP contribution in [-0.4, -0.2) is 5.78 Å². The van der Waals surface area contributed by atoms with Crippen molar-refractivity contribution in [2.75, 3.05) is 0 Å². The van der Waals surface area contributed by atoms with E-state index in [0.717, 1.165) is 24.1 Å². The van der Waals surface area contributed by atoms with Crippen molar-refractivity contribution in [1.29, 1.82) is 0 Å². The molecule has 0 aliphatic heterocycles. The number of Topliss-reactive ketones (excluding diaryl/α,β-unsaturated/α-hetero) is 1. The molecule has 2 aromatic carbocycles. The number of carbonyl (C=O) groups excluding carboxylic acids is 1. The first-order chi connectivity index (χ1) is 9.58. The average Bonchev–Trinajstić information content (AvgIpc) is 2.44. The van der Waals surface area contributed by atoms with E-state index in [2.05, 4.69) is 6.92 Å². The zero-order valence-corrected chi connectivity index (χ0v) is 11.3. The van der Waals surface area contributed by atoms with Crippen LogP contribution >= 0.6 is 0 Å². The molecule has 20 heavy (non-hydrogen) atoms. The van der Waals surface area contributed by atoms with Crippen molar-refractivity contribution in [1.82, 2.24) is 0 Å². The second-order valence-electron chi connectivity index (χ2n) is 4.81. The lowest BCUT2D eigenvalue weighted by Crippen LogP contribution is -2.07. The van der Waals surface area contributed by atoms with Gasteiger partial charge in [-0.05, 0) is 35.2 Å². The molecule has 0 aliphatic carbocycles. The van der Waals surface area contributed by atoms with Crippen LogP contribution in [0.2, 0.25) is 0 Å². The van der Waals surface area contributed by atoms with Crippen LogP contribution < -0.4 is 0 Å². The minimum atomic E-state index is -0.914. The van der Waals surface area contributed by atoms with Gasteiger partial charge in [0.2, 0.25) is 0 Å². The first-order valence-electron chi connectivity index (χ1n) is 6.62. The first-order valence-corrected chi connectivity index (χ1v) is 6.62. The highest BCUT2D eigenvalue weighted by molar-refractivity contribution is 5.83. The van der Waals surface area contributed by atoms with Gasteiger partial charge < -0.3 is 0 Å². The molecule has 0 saturated heterocycles. The molecule has 0 aromatic heterocycles. The van der Waals surface area contributed by atoms with Crippen LogP contribution in [-0.2, 0) is 24.1 Å². The van der Waals surface area contributed by atoms with Crippen molar-refractivity contribution in [3.05, 3.63) is 70.8 Å². The van der Waals surface area contributed by atoms with Gasteiger partial charge in [-0.2, -0.15) is 0 Å². The number of ketones is 1. The van der Waals surface area contributed by atoms with E-state index >= 15 is 0 Å². The zero-order chi connectivity index (χ0) is 14.5. The maximum atomic E-state index is 13.1. The van der Waals surface area contributed by atoms with Gasteiger partial charge in [0.05, 0.1) is 0 Å². The Morgan fingerprint density at radius 1 is 0.850 bits per heavy atom. The number of rotatable bonds is 5. The molecular weight excluding hydrogens is 258 g/mol. The zero-order valence-electron chi connectivity index (χ0n) is 11.3. The summed E-state index contributed by atoms with van der Waals surface area (Å²) in [6.07, 6.45) is 1.39. The third-order valence-corrected chi connectivity index (χ3v) is 3.22. The molecule has 0 spiro atoms. The van der Waals surface area contributed by atoms with Gasteiger partial charge in [0, 0.05) is 12.8 Å². The van der Waals surface area contributed by atoms with Crippen LogP contribution in [0.3, 0.4) is 0 Å². The number of halogens is 2. The monoisotopic (exact) mass is 274 g/mol. The van der Waals surface area contributed by atoms with Crippen LogP contribution in [0.4, 0.5) is 8.78 Å². The second kappa shape index (κ2) is 6.42. The van der Waals surface area contributed by atoms with Gasteiger partial charge in [-0.3, -0.25) is 4.79 Å². The highest BCUT2D eigenvalue weighted by atomic mass is 19.2. The highest BCUT2D eigenvalue weighted by Crippen LogP contribution is 2.11. The fourth-order valence-electron chi connectivity index (χ4n) is 2.06. The third kappa shape index (κ3) is 3.73. The van der Waals surface area contributed by atoms with Gasteiger partial charge in [-0.15, -0.1) is 0 Å². The molecule has 0 aliphatic rings. The Bertz CT molecular complexity index is 603. The Kier molecular flexibility index (Phi) is 4.61. The van der Waals surface area contributed by atoms with E-state index in [-0.39, 0.29) is 12.2 Å². The Balaban J connectivity index is 1.99. The van der Waals surface area contributed by atoms with E-state index in [9.17, 15) is 13.6 Å². The molecule has 0 heterocycles. The number of hydrogen-bond donors (Lipinski definition) is 0. The maximum absolute atomic E-state index is 13.1. The predicted molar refractivity (Wildman–Crippen MR) is 74.6 cm³/mol. The molecule has 0 radical (unpaired) electrons. The molecule has 2 aromatic rings. The van der Waals surface area contributed by atoms with E-state index in [4.69, 9.17) is 0 Å². The summed E-state index contributed by atoms with van der Waals surface area (Å²) in [6, 6.07) is 11.4. The van der Waals surface area contributed by atoms with E-state index in [1.54, 1.807) is 0 Å². The van der Waals surface area contributed by atoms with Crippen LogP contribution in [0.25, 0.3) is 0 Å². The lowest BCUT2D eigenvalue weighted by atomic mass is 10.0. The van der Waals surface area contributed by atoms with Crippen LogP contribution in [0.5, 0.6) is 0 Å². The lowest BCUT2D eigenvalue weighted by Gasteiger charge is -2.04. The Morgan fingerprint density at radius 2 is 1.40 bits per heavy atom. The van der Waals surface area contributed by atoms with Crippen molar-refractivity contribution in [2.45, 2.75) is 26.2 Å². The maximum Gasteiger partial charge on any atom is 0.159 e. The number of hydrogen-bond acceptors (Lipinski definition) is 1. The number of benzene rings is 2. The van der Waals surface area contributed by atoms with Crippen molar-refractivity contribution in [3.8, 4) is 0 Å². The van der Waals surface area contributed by atoms with Gasteiger partial charge in [-0.25, -0.2) is 8.78 Å². The Morgan fingerprint density at radius 3 is 2.00 bits per heavy atom. The molecule has 0 fully saturated rings. The highest BCUT2D eigenvalue weighted by Gasteiger charge is 2.08. The molecule has 1 nitrogen and oxygen atoms in total. The number of aryl methyl sites for hydroxylation is 1. The van der Waals surface area contributed by atoms with Gasteiger partial charge in [0.25, 0.3) is 0 Å². The summed E-state index contributed by atoms with van der Waals surface area (Å²) in [6.45, 7) is 2.07. The summed E-state index contributed by atoms with van der Waals surface area (Å²) in [5.74, 6) is -1.82. The van der Waals surface area contributed by atoms with E-state index in [0.29, 0.717) is 12.0 Å². The summed E-state index contributed by atoms with van der Waals surface area (Å²) in [5, 5.41) is 0. The summed E-state index contributed by atoms with van der Waals surface area (Å²) >= 11 is 0. The second-order valence-corrected chi connectivity index (χ2v) is 4.81. The molecule has 104 valence electrons. The fraction of sp³-hybridized carbons (Fsp3) is 0.235. The van der Waals surface area contributed by atoms with Crippen LogP contribution in [0.1, 0.15) is 23.6 Å². The molecule has 0 bridgehead atoms. The van der Waals surface area contributed by atoms with Gasteiger partial charge in [0.15, 0.2) is 11.6 Å². The predicted octanol–water partition coefficient (Wildman–Crippen LogP) is 3.88. The summed E-state index contributed by atoms with van der Waals surface area (Å²) in [7, 11) is 0. The molecular formula is C17H16F2O. The van der Waals surface area contributed by atoms with Crippen molar-refractivity contribution >= 4 is 5.78 Å². The Hall–Kier alpha value is -2.03. The Labute approximate surface area is 117 Å². The minimum absolute atomic E-state index is 0.0137. The lowest BCUT2D eigenvalue weighted by molar-refractivity contribution is -0.117. The quantitative estimate of drug-likeness (QED) is 0.808. The third-order valence-electron chi connectivity index (χ3n) is 3.22. The first kappa shape index (κ1) is 14.4. The molecule has 0 amide bonds. The topological polar surface area (TPSA) is 17.1 Å². The normalized spacial score (nSPS) is 10.6. The van der Waals surface area contributed by atoms with Gasteiger partial charge in [0.1, 0.15) is 5.78 Å². The minimum Gasteiger partial charge on any atom is -0.299 e. The summed E-state index contributed by atoms with van der Waals surface area (Å²) < 4.78 is 25.8.